The number of hydrogen-bond donors (Lipinski definition) is 0. The number of halogens is 1. The Hall–Kier alpha value is -1.90. The van der Waals surface area contributed by atoms with Gasteiger partial charge in [0.2, 0.25) is 0 Å². The molecular weight excluding hydrogens is 263 g/mol. The number of fused-ring (bicyclic) bond motifs is 1. The van der Waals surface area contributed by atoms with Crippen LogP contribution in [0.4, 0.5) is 10.1 Å². The first kappa shape index (κ1) is 14.1. The average molecular weight is 284 g/mol. The maximum absolute atomic E-state index is 13.2. The summed E-state index contributed by atoms with van der Waals surface area (Å²) in [7, 11) is 2.11. The summed E-state index contributed by atoms with van der Waals surface area (Å²) >= 11 is 0. The van der Waals surface area contributed by atoms with Crippen molar-refractivity contribution in [2.24, 2.45) is 0 Å². The number of nitrogens with zero attached hydrogens (tertiary/aromatic N) is 2. The zero-order chi connectivity index (χ0) is 15.2. The fourth-order valence-corrected chi connectivity index (χ4v) is 3.23. The third-order valence-corrected chi connectivity index (χ3v) is 4.31. The van der Waals surface area contributed by atoms with E-state index in [0.717, 1.165) is 24.1 Å². The third-order valence-electron chi connectivity index (χ3n) is 4.31. The Morgan fingerprint density at radius 3 is 2.76 bits per heavy atom. The van der Waals surface area contributed by atoms with E-state index in [2.05, 4.69) is 31.9 Å². The monoisotopic (exact) mass is 284 g/mol. The van der Waals surface area contributed by atoms with E-state index in [4.69, 9.17) is 4.98 Å². The molecule has 1 aromatic carbocycles. The van der Waals surface area contributed by atoms with Crippen LogP contribution < -0.4 is 4.90 Å². The molecular formula is C18H21FN2. The van der Waals surface area contributed by atoms with Gasteiger partial charge in [-0.1, -0.05) is 19.9 Å². The van der Waals surface area contributed by atoms with Crippen LogP contribution in [0.5, 0.6) is 0 Å². The van der Waals surface area contributed by atoms with Crippen LogP contribution in [0.15, 0.2) is 30.5 Å². The van der Waals surface area contributed by atoms with Gasteiger partial charge in [-0.2, -0.15) is 0 Å². The summed E-state index contributed by atoms with van der Waals surface area (Å²) < 4.78 is 13.2. The van der Waals surface area contributed by atoms with Crippen molar-refractivity contribution in [3.8, 4) is 0 Å². The van der Waals surface area contributed by atoms with E-state index in [0.29, 0.717) is 0 Å². The van der Waals surface area contributed by atoms with Gasteiger partial charge in [-0.15, -0.1) is 0 Å². The molecule has 2 aromatic rings. The smallest absolute Gasteiger partial charge is 0.123 e. The van der Waals surface area contributed by atoms with E-state index in [1.54, 1.807) is 6.07 Å². The van der Waals surface area contributed by atoms with Gasteiger partial charge in [-0.25, -0.2) is 4.39 Å². The summed E-state index contributed by atoms with van der Waals surface area (Å²) in [5.41, 5.74) is 5.81. The molecule has 2 heterocycles. The molecule has 3 rings (SSSR count). The van der Waals surface area contributed by atoms with Crippen LogP contribution in [0.2, 0.25) is 0 Å². The van der Waals surface area contributed by atoms with E-state index >= 15 is 0 Å². The second-order valence-electron chi connectivity index (χ2n) is 6.70. The number of rotatable bonds is 2. The van der Waals surface area contributed by atoms with Crippen molar-refractivity contribution in [3.63, 3.8) is 0 Å². The van der Waals surface area contributed by atoms with Crippen molar-refractivity contribution in [1.82, 2.24) is 4.98 Å². The predicted molar refractivity (Wildman–Crippen MR) is 84.5 cm³/mol. The fraction of sp³-hybridized carbons (Fsp3) is 0.389. The number of aryl methyl sites for hydroxylation is 1. The Labute approximate surface area is 125 Å². The summed E-state index contributed by atoms with van der Waals surface area (Å²) in [4.78, 5) is 6.96. The Bertz CT molecular complexity index is 692. The quantitative estimate of drug-likeness (QED) is 0.833. The summed E-state index contributed by atoms with van der Waals surface area (Å²) in [5.74, 6) is -0.176. The van der Waals surface area contributed by atoms with E-state index in [1.165, 1.54) is 23.0 Å². The largest absolute Gasteiger partial charge is 0.372 e. The highest BCUT2D eigenvalue weighted by molar-refractivity contribution is 5.60. The molecule has 0 fully saturated rings. The first-order valence-electron chi connectivity index (χ1n) is 7.32. The highest BCUT2D eigenvalue weighted by Crippen LogP contribution is 2.38. The van der Waals surface area contributed by atoms with Crippen molar-refractivity contribution in [3.05, 3.63) is 58.7 Å². The van der Waals surface area contributed by atoms with E-state index in [-0.39, 0.29) is 11.2 Å². The van der Waals surface area contributed by atoms with Crippen molar-refractivity contribution in [2.75, 3.05) is 18.5 Å². The van der Waals surface area contributed by atoms with Gasteiger partial charge in [-0.05, 0) is 48.2 Å². The van der Waals surface area contributed by atoms with Crippen molar-refractivity contribution in [2.45, 2.75) is 32.6 Å². The maximum atomic E-state index is 13.2. The first-order chi connectivity index (χ1) is 9.87. The molecule has 0 unspecified atom stereocenters. The second kappa shape index (κ2) is 4.83. The van der Waals surface area contributed by atoms with Crippen molar-refractivity contribution in [1.29, 1.82) is 0 Å². The topological polar surface area (TPSA) is 16.1 Å². The van der Waals surface area contributed by atoms with Crippen LogP contribution in [-0.2, 0) is 11.8 Å². The lowest BCUT2D eigenvalue weighted by molar-refractivity contribution is 0.548. The molecule has 2 nitrogen and oxygen atoms in total. The normalized spacial score (nSPS) is 16.1. The van der Waals surface area contributed by atoms with Crippen LogP contribution in [-0.4, -0.2) is 18.6 Å². The van der Waals surface area contributed by atoms with Gasteiger partial charge in [-0.3, -0.25) is 4.98 Å². The molecule has 21 heavy (non-hydrogen) atoms. The predicted octanol–water partition coefficient (Wildman–Crippen LogP) is 3.85. The Morgan fingerprint density at radius 1 is 1.29 bits per heavy atom. The molecule has 0 saturated heterocycles. The molecule has 0 aliphatic carbocycles. The average Bonchev–Trinajstić information content (AvgIpc) is 2.63. The molecule has 0 bridgehead atoms. The summed E-state index contributed by atoms with van der Waals surface area (Å²) in [6.45, 7) is 7.40. The number of likely N-dealkylation sites (N-methyl/N-ethyl adjacent to an activating group) is 1. The van der Waals surface area contributed by atoms with Gasteiger partial charge in [0.25, 0.3) is 0 Å². The molecule has 0 saturated carbocycles. The van der Waals surface area contributed by atoms with Crippen molar-refractivity contribution < 1.29 is 4.39 Å². The third kappa shape index (κ3) is 2.53. The Kier molecular flexibility index (Phi) is 3.23. The number of aromatic nitrogens is 1. The maximum Gasteiger partial charge on any atom is 0.123 e. The van der Waals surface area contributed by atoms with Crippen LogP contribution in [0.1, 0.15) is 36.2 Å². The lowest BCUT2D eigenvalue weighted by Gasteiger charge is -2.17. The highest BCUT2D eigenvalue weighted by Gasteiger charge is 2.34. The first-order valence-corrected chi connectivity index (χ1v) is 7.32. The molecule has 0 N–H and O–H groups in total. The van der Waals surface area contributed by atoms with Gasteiger partial charge >= 0.3 is 0 Å². The second-order valence-corrected chi connectivity index (χ2v) is 6.70. The summed E-state index contributed by atoms with van der Waals surface area (Å²) in [6.07, 6.45) is 2.75. The van der Waals surface area contributed by atoms with Gasteiger partial charge < -0.3 is 4.90 Å². The zero-order valence-corrected chi connectivity index (χ0v) is 13.1. The molecule has 1 aliphatic heterocycles. The number of hydrogen-bond acceptors (Lipinski definition) is 2. The van der Waals surface area contributed by atoms with Gasteiger partial charge in [0.1, 0.15) is 5.82 Å². The van der Waals surface area contributed by atoms with Crippen LogP contribution >= 0.6 is 0 Å². The SMILES string of the molecule is Cc1cc(F)ccc1Cc1cnc2c(c1)N(C)CC2(C)C. The van der Waals surface area contributed by atoms with E-state index < -0.39 is 0 Å². The number of benzene rings is 1. The van der Waals surface area contributed by atoms with Gasteiger partial charge in [0, 0.05) is 25.2 Å². The highest BCUT2D eigenvalue weighted by atomic mass is 19.1. The van der Waals surface area contributed by atoms with Gasteiger partial charge in [0.05, 0.1) is 11.4 Å². The molecule has 3 heteroatoms. The number of pyridine rings is 1. The van der Waals surface area contributed by atoms with Crippen LogP contribution in [0.25, 0.3) is 0 Å². The minimum absolute atomic E-state index is 0.106. The lowest BCUT2D eigenvalue weighted by Crippen LogP contribution is -2.25. The standard InChI is InChI=1S/C18H21FN2/c1-12-7-15(19)6-5-14(12)8-13-9-16-17(20-10-13)18(2,3)11-21(16)4/h5-7,9-10H,8,11H2,1-4H3. The van der Waals surface area contributed by atoms with E-state index in [1.807, 2.05) is 19.2 Å². The summed E-state index contributed by atoms with van der Waals surface area (Å²) in [5, 5.41) is 0. The zero-order valence-electron chi connectivity index (χ0n) is 13.1. The molecule has 0 atom stereocenters. The molecule has 0 radical (unpaired) electrons. The number of anilines is 1. The fourth-order valence-electron chi connectivity index (χ4n) is 3.23. The minimum Gasteiger partial charge on any atom is -0.372 e. The Balaban J connectivity index is 1.93. The molecule has 1 aliphatic rings. The van der Waals surface area contributed by atoms with E-state index in [9.17, 15) is 4.39 Å². The lowest BCUT2D eigenvalue weighted by atomic mass is 9.91. The molecule has 0 amide bonds. The Morgan fingerprint density at radius 2 is 2.05 bits per heavy atom. The molecule has 110 valence electrons. The minimum atomic E-state index is -0.176. The molecule has 0 spiro atoms. The van der Waals surface area contributed by atoms with Crippen LogP contribution in [0.3, 0.4) is 0 Å². The van der Waals surface area contributed by atoms with Crippen LogP contribution in [0, 0.1) is 12.7 Å². The summed E-state index contributed by atoms with van der Waals surface area (Å²) in [6, 6.07) is 7.20. The van der Waals surface area contributed by atoms with Gasteiger partial charge in [0.15, 0.2) is 0 Å². The van der Waals surface area contributed by atoms with Crippen molar-refractivity contribution >= 4 is 5.69 Å². The molecule has 1 aromatic heterocycles.